The van der Waals surface area contributed by atoms with Gasteiger partial charge in [-0.05, 0) is 51.0 Å². The second-order valence-electron chi connectivity index (χ2n) is 5.34. The summed E-state index contributed by atoms with van der Waals surface area (Å²) >= 11 is 0. The summed E-state index contributed by atoms with van der Waals surface area (Å²) in [7, 11) is 0. The number of rotatable bonds is 7. The number of hydrogen-bond acceptors (Lipinski definition) is 2. The van der Waals surface area contributed by atoms with Crippen LogP contribution in [0, 0.1) is 11.8 Å². The van der Waals surface area contributed by atoms with Crippen LogP contribution in [0.1, 0.15) is 46.5 Å². The minimum atomic E-state index is 0.676. The Labute approximate surface area is 94.8 Å². The fourth-order valence-corrected chi connectivity index (χ4v) is 2.03. The number of ether oxygens (including phenoxy) is 1. The number of nitrogens with one attached hydrogen (secondary N) is 1. The van der Waals surface area contributed by atoms with Gasteiger partial charge in [0.05, 0.1) is 0 Å². The fraction of sp³-hybridized carbons (Fsp3) is 1.00. The largest absolute Gasteiger partial charge is 0.381 e. The first-order valence-corrected chi connectivity index (χ1v) is 6.49. The van der Waals surface area contributed by atoms with Crippen LogP contribution in [0.4, 0.5) is 0 Å². The second-order valence-corrected chi connectivity index (χ2v) is 5.34. The molecule has 2 heteroatoms. The molecule has 0 spiro atoms. The molecule has 1 aliphatic heterocycles. The van der Waals surface area contributed by atoms with Crippen molar-refractivity contribution in [2.24, 2.45) is 11.8 Å². The van der Waals surface area contributed by atoms with E-state index in [0.717, 1.165) is 31.6 Å². The smallest absolute Gasteiger partial charge is 0.0495 e. The third-order valence-electron chi connectivity index (χ3n) is 3.25. The molecule has 15 heavy (non-hydrogen) atoms. The third-order valence-corrected chi connectivity index (χ3v) is 3.25. The molecule has 0 radical (unpaired) electrons. The standard InChI is InChI=1S/C13H27NO/c1-11(2)4-5-12(3)14-8-6-13-7-9-15-10-13/h11-14H,4-10H2,1-3H3. The minimum absolute atomic E-state index is 0.676. The van der Waals surface area contributed by atoms with Crippen LogP contribution >= 0.6 is 0 Å². The Hall–Kier alpha value is -0.0800. The molecule has 0 saturated carbocycles. The molecule has 1 rings (SSSR count). The van der Waals surface area contributed by atoms with E-state index in [-0.39, 0.29) is 0 Å². The van der Waals surface area contributed by atoms with Gasteiger partial charge in [0.1, 0.15) is 0 Å². The van der Waals surface area contributed by atoms with Crippen molar-refractivity contribution in [1.82, 2.24) is 5.32 Å². The zero-order chi connectivity index (χ0) is 11.1. The zero-order valence-corrected chi connectivity index (χ0v) is 10.6. The summed E-state index contributed by atoms with van der Waals surface area (Å²) < 4.78 is 5.37. The van der Waals surface area contributed by atoms with Gasteiger partial charge in [-0.2, -0.15) is 0 Å². The Morgan fingerprint density at radius 2 is 2.07 bits per heavy atom. The molecule has 0 aromatic carbocycles. The monoisotopic (exact) mass is 213 g/mol. The normalized spacial score (nSPS) is 23.6. The summed E-state index contributed by atoms with van der Waals surface area (Å²) in [6.45, 7) is 10.0. The van der Waals surface area contributed by atoms with Crippen LogP contribution in [0.3, 0.4) is 0 Å². The highest BCUT2D eigenvalue weighted by atomic mass is 16.5. The highest BCUT2D eigenvalue weighted by Crippen LogP contribution is 2.15. The summed E-state index contributed by atoms with van der Waals surface area (Å²) in [4.78, 5) is 0. The molecule has 0 aliphatic carbocycles. The average molecular weight is 213 g/mol. The molecule has 1 saturated heterocycles. The van der Waals surface area contributed by atoms with Crippen molar-refractivity contribution in [3.63, 3.8) is 0 Å². The van der Waals surface area contributed by atoms with Gasteiger partial charge in [-0.15, -0.1) is 0 Å². The van der Waals surface area contributed by atoms with E-state index in [1.54, 1.807) is 0 Å². The molecule has 90 valence electrons. The SMILES string of the molecule is CC(C)CCC(C)NCCC1CCOC1. The van der Waals surface area contributed by atoms with Gasteiger partial charge in [-0.1, -0.05) is 13.8 Å². The van der Waals surface area contributed by atoms with E-state index in [9.17, 15) is 0 Å². The van der Waals surface area contributed by atoms with Gasteiger partial charge >= 0.3 is 0 Å². The Morgan fingerprint density at radius 1 is 1.27 bits per heavy atom. The van der Waals surface area contributed by atoms with E-state index in [1.165, 1.54) is 25.7 Å². The van der Waals surface area contributed by atoms with Crippen LogP contribution in [-0.2, 0) is 4.74 Å². The lowest BCUT2D eigenvalue weighted by Gasteiger charge is -2.16. The molecule has 1 heterocycles. The molecule has 0 aromatic heterocycles. The zero-order valence-electron chi connectivity index (χ0n) is 10.6. The summed E-state index contributed by atoms with van der Waals surface area (Å²) in [6.07, 6.45) is 5.19. The van der Waals surface area contributed by atoms with Crippen molar-refractivity contribution in [3.05, 3.63) is 0 Å². The maximum atomic E-state index is 5.37. The third kappa shape index (κ3) is 6.16. The molecule has 2 nitrogen and oxygen atoms in total. The predicted octanol–water partition coefficient (Wildman–Crippen LogP) is 2.83. The van der Waals surface area contributed by atoms with Crippen LogP contribution in [0.2, 0.25) is 0 Å². The summed E-state index contributed by atoms with van der Waals surface area (Å²) in [6, 6.07) is 0.676. The first-order chi connectivity index (χ1) is 7.18. The van der Waals surface area contributed by atoms with Crippen molar-refractivity contribution < 1.29 is 4.74 Å². The summed E-state index contributed by atoms with van der Waals surface area (Å²) in [5.41, 5.74) is 0. The molecular weight excluding hydrogens is 186 g/mol. The molecule has 0 aromatic rings. The van der Waals surface area contributed by atoms with Crippen molar-refractivity contribution in [2.45, 2.75) is 52.5 Å². The van der Waals surface area contributed by atoms with Gasteiger partial charge in [0.2, 0.25) is 0 Å². The highest BCUT2D eigenvalue weighted by molar-refractivity contribution is 4.68. The topological polar surface area (TPSA) is 21.3 Å². The maximum Gasteiger partial charge on any atom is 0.0495 e. The van der Waals surface area contributed by atoms with Gasteiger partial charge in [-0.3, -0.25) is 0 Å². The first-order valence-electron chi connectivity index (χ1n) is 6.49. The Kier molecular flexibility index (Phi) is 6.26. The van der Waals surface area contributed by atoms with Crippen LogP contribution in [0.15, 0.2) is 0 Å². The summed E-state index contributed by atoms with van der Waals surface area (Å²) in [5, 5.41) is 3.61. The Balaban J connectivity index is 1.93. The van der Waals surface area contributed by atoms with Gasteiger partial charge in [0.25, 0.3) is 0 Å². The van der Waals surface area contributed by atoms with E-state index in [2.05, 4.69) is 26.1 Å². The Morgan fingerprint density at radius 3 is 2.67 bits per heavy atom. The number of hydrogen-bond donors (Lipinski definition) is 1. The van der Waals surface area contributed by atoms with Crippen LogP contribution in [0.25, 0.3) is 0 Å². The second kappa shape index (κ2) is 7.24. The quantitative estimate of drug-likeness (QED) is 0.702. The van der Waals surface area contributed by atoms with E-state index < -0.39 is 0 Å². The molecule has 2 atom stereocenters. The molecule has 1 N–H and O–H groups in total. The van der Waals surface area contributed by atoms with Crippen molar-refractivity contribution in [1.29, 1.82) is 0 Å². The van der Waals surface area contributed by atoms with Crippen molar-refractivity contribution in [2.75, 3.05) is 19.8 Å². The van der Waals surface area contributed by atoms with Gasteiger partial charge in [-0.25, -0.2) is 0 Å². The van der Waals surface area contributed by atoms with E-state index >= 15 is 0 Å². The van der Waals surface area contributed by atoms with Crippen LogP contribution < -0.4 is 5.32 Å². The van der Waals surface area contributed by atoms with Crippen LogP contribution in [-0.4, -0.2) is 25.8 Å². The Bertz CT molecular complexity index is 153. The van der Waals surface area contributed by atoms with Crippen molar-refractivity contribution >= 4 is 0 Å². The minimum Gasteiger partial charge on any atom is -0.381 e. The van der Waals surface area contributed by atoms with Crippen molar-refractivity contribution in [3.8, 4) is 0 Å². The lowest BCUT2D eigenvalue weighted by atomic mass is 10.0. The molecule has 0 bridgehead atoms. The average Bonchev–Trinajstić information content (AvgIpc) is 2.67. The maximum absolute atomic E-state index is 5.37. The summed E-state index contributed by atoms with van der Waals surface area (Å²) in [5.74, 6) is 1.65. The van der Waals surface area contributed by atoms with Gasteiger partial charge < -0.3 is 10.1 Å². The van der Waals surface area contributed by atoms with E-state index in [4.69, 9.17) is 4.74 Å². The molecule has 1 fully saturated rings. The van der Waals surface area contributed by atoms with E-state index in [1.807, 2.05) is 0 Å². The van der Waals surface area contributed by atoms with E-state index in [0.29, 0.717) is 6.04 Å². The molecule has 1 aliphatic rings. The first kappa shape index (κ1) is 13.0. The lowest BCUT2D eigenvalue weighted by Crippen LogP contribution is -2.28. The fourth-order valence-electron chi connectivity index (χ4n) is 2.03. The predicted molar refractivity (Wildman–Crippen MR) is 65.1 cm³/mol. The molecular formula is C13H27NO. The van der Waals surface area contributed by atoms with Gasteiger partial charge in [0.15, 0.2) is 0 Å². The molecule has 0 amide bonds. The molecule has 2 unspecified atom stereocenters. The highest BCUT2D eigenvalue weighted by Gasteiger charge is 2.15. The van der Waals surface area contributed by atoms with Crippen LogP contribution in [0.5, 0.6) is 0 Å². The lowest BCUT2D eigenvalue weighted by molar-refractivity contribution is 0.184. The van der Waals surface area contributed by atoms with Gasteiger partial charge in [0, 0.05) is 19.3 Å².